The van der Waals surface area contributed by atoms with E-state index in [1.807, 2.05) is 6.08 Å². The van der Waals surface area contributed by atoms with Crippen molar-refractivity contribution >= 4 is 17.5 Å². The van der Waals surface area contributed by atoms with Crippen LogP contribution in [0.3, 0.4) is 0 Å². The minimum Gasteiger partial charge on any atom is -0.379 e. The monoisotopic (exact) mass is 367 g/mol. The first-order valence-electron chi connectivity index (χ1n) is 9.44. The molecule has 0 spiro atoms. The fourth-order valence-corrected chi connectivity index (χ4v) is 4.60. The van der Waals surface area contributed by atoms with Gasteiger partial charge in [0.2, 0.25) is 5.91 Å². The zero-order chi connectivity index (χ0) is 17.7. The average molecular weight is 368 g/mol. The van der Waals surface area contributed by atoms with Crippen LogP contribution in [0.2, 0.25) is 0 Å². The van der Waals surface area contributed by atoms with Crippen LogP contribution in [0.4, 0.5) is 0 Å². The van der Waals surface area contributed by atoms with Crippen molar-refractivity contribution in [3.63, 3.8) is 0 Å². The van der Waals surface area contributed by atoms with Gasteiger partial charge in [-0.05, 0) is 56.1 Å². The first-order chi connectivity index (χ1) is 12.1. The molecule has 1 amide bonds. The van der Waals surface area contributed by atoms with E-state index in [2.05, 4.69) is 22.4 Å². The van der Waals surface area contributed by atoms with Gasteiger partial charge in [0.1, 0.15) is 0 Å². The van der Waals surface area contributed by atoms with Crippen LogP contribution in [-0.4, -0.2) is 56.2 Å². The van der Waals surface area contributed by atoms with E-state index in [1.54, 1.807) is 0 Å². The van der Waals surface area contributed by atoms with E-state index in [4.69, 9.17) is 22.1 Å². The summed E-state index contributed by atoms with van der Waals surface area (Å²) in [5, 5.41) is 4.14. The fourth-order valence-electron chi connectivity index (χ4n) is 4.36. The first-order valence-corrected chi connectivity index (χ1v) is 9.81. The molecule has 0 aromatic carbocycles. The number of hydrogen-bond acceptors (Lipinski definition) is 4. The molecule has 0 bridgehead atoms. The van der Waals surface area contributed by atoms with E-state index >= 15 is 0 Å². The Morgan fingerprint density at radius 2 is 2.08 bits per heavy atom. The first kappa shape index (κ1) is 18.9. The van der Waals surface area contributed by atoms with Crippen molar-refractivity contribution < 1.29 is 9.53 Å². The molecule has 3 N–H and O–H groups in total. The van der Waals surface area contributed by atoms with Crippen LogP contribution in [0.25, 0.3) is 0 Å². The second-order valence-electron chi connectivity index (χ2n) is 7.61. The van der Waals surface area contributed by atoms with Gasteiger partial charge < -0.3 is 15.8 Å². The molecular weight excluding hydrogens is 338 g/mol. The summed E-state index contributed by atoms with van der Waals surface area (Å²) in [5.74, 6) is 0.552. The van der Waals surface area contributed by atoms with E-state index in [0.717, 1.165) is 63.4 Å². The molecule has 5 nitrogen and oxygen atoms in total. The normalized spacial score (nSPS) is 33.8. The predicted molar refractivity (Wildman–Crippen MR) is 100 cm³/mol. The number of ether oxygens (including phenoxy) is 1. The number of allylic oxidation sites excluding steroid dienone is 4. The molecule has 1 aliphatic heterocycles. The van der Waals surface area contributed by atoms with Crippen LogP contribution in [0, 0.1) is 11.3 Å². The average Bonchev–Trinajstić information content (AvgIpc) is 2.63. The SMILES string of the molecule is NC[C@]1(C2C=CC=C(Cl)C2)CC[C@H](NC(=O)CN2CCOCC2)CC1. The molecule has 25 heavy (non-hydrogen) atoms. The lowest BCUT2D eigenvalue weighted by molar-refractivity contribution is -0.124. The maximum atomic E-state index is 12.3. The molecule has 0 aromatic rings. The largest absolute Gasteiger partial charge is 0.379 e. The third kappa shape index (κ3) is 4.85. The summed E-state index contributed by atoms with van der Waals surface area (Å²) in [6.45, 7) is 4.30. The van der Waals surface area contributed by atoms with Crippen molar-refractivity contribution in [1.29, 1.82) is 0 Å². The van der Waals surface area contributed by atoms with Gasteiger partial charge >= 0.3 is 0 Å². The molecule has 140 valence electrons. The molecule has 1 saturated heterocycles. The molecule has 2 fully saturated rings. The van der Waals surface area contributed by atoms with Gasteiger partial charge in [-0.3, -0.25) is 9.69 Å². The summed E-state index contributed by atoms with van der Waals surface area (Å²) in [7, 11) is 0. The second kappa shape index (κ2) is 8.67. The number of carbonyl (C=O) groups is 1. The van der Waals surface area contributed by atoms with Crippen molar-refractivity contribution in [3.8, 4) is 0 Å². The number of amides is 1. The molecule has 1 heterocycles. The van der Waals surface area contributed by atoms with Crippen LogP contribution in [-0.2, 0) is 9.53 Å². The molecule has 1 saturated carbocycles. The predicted octanol–water partition coefficient (Wildman–Crippen LogP) is 2.02. The second-order valence-corrected chi connectivity index (χ2v) is 8.09. The molecule has 0 radical (unpaired) electrons. The van der Waals surface area contributed by atoms with Crippen molar-refractivity contribution in [2.45, 2.75) is 38.1 Å². The highest BCUT2D eigenvalue weighted by molar-refractivity contribution is 6.29. The highest BCUT2D eigenvalue weighted by atomic mass is 35.5. The number of halogens is 1. The molecule has 6 heteroatoms. The van der Waals surface area contributed by atoms with Crippen LogP contribution in [0.1, 0.15) is 32.1 Å². The minimum atomic E-state index is 0.121. The summed E-state index contributed by atoms with van der Waals surface area (Å²) >= 11 is 6.24. The van der Waals surface area contributed by atoms with Gasteiger partial charge in [0.15, 0.2) is 0 Å². The Bertz CT molecular complexity index is 521. The van der Waals surface area contributed by atoms with E-state index < -0.39 is 0 Å². The number of carbonyl (C=O) groups excluding carboxylic acids is 1. The lowest BCUT2D eigenvalue weighted by Gasteiger charge is -2.45. The minimum absolute atomic E-state index is 0.121. The van der Waals surface area contributed by atoms with Gasteiger partial charge in [-0.25, -0.2) is 0 Å². The van der Waals surface area contributed by atoms with Gasteiger partial charge in [-0.15, -0.1) is 0 Å². The van der Waals surface area contributed by atoms with Gasteiger partial charge in [0.25, 0.3) is 0 Å². The maximum absolute atomic E-state index is 12.3. The number of nitrogens with one attached hydrogen (secondary N) is 1. The molecule has 1 unspecified atom stereocenters. The van der Waals surface area contributed by atoms with Crippen molar-refractivity contribution in [1.82, 2.24) is 10.2 Å². The number of nitrogens with two attached hydrogens (primary N) is 1. The number of nitrogens with zero attached hydrogens (tertiary/aromatic N) is 1. The highest BCUT2D eigenvalue weighted by Gasteiger charge is 2.40. The molecule has 3 rings (SSSR count). The van der Waals surface area contributed by atoms with Gasteiger partial charge in [0, 0.05) is 24.2 Å². The Morgan fingerprint density at radius 3 is 2.72 bits per heavy atom. The maximum Gasteiger partial charge on any atom is 0.234 e. The van der Waals surface area contributed by atoms with Crippen molar-refractivity contribution in [3.05, 3.63) is 23.3 Å². The lowest BCUT2D eigenvalue weighted by Crippen LogP contribution is -2.49. The van der Waals surface area contributed by atoms with Gasteiger partial charge in [0.05, 0.1) is 19.8 Å². The summed E-state index contributed by atoms with van der Waals surface area (Å²) in [5.41, 5.74) is 6.30. The quantitative estimate of drug-likeness (QED) is 0.780. The number of morpholine rings is 1. The molecule has 3 aliphatic rings. The van der Waals surface area contributed by atoms with Gasteiger partial charge in [-0.1, -0.05) is 23.8 Å². The van der Waals surface area contributed by atoms with E-state index in [0.29, 0.717) is 19.0 Å². The topological polar surface area (TPSA) is 67.6 Å². The zero-order valence-electron chi connectivity index (χ0n) is 14.9. The summed E-state index contributed by atoms with van der Waals surface area (Å²) in [6.07, 6.45) is 11.3. The highest BCUT2D eigenvalue weighted by Crippen LogP contribution is 2.46. The Hall–Kier alpha value is -0.880. The van der Waals surface area contributed by atoms with Crippen LogP contribution < -0.4 is 11.1 Å². The molecule has 1 atom stereocenters. The Morgan fingerprint density at radius 1 is 1.36 bits per heavy atom. The fraction of sp³-hybridized carbons (Fsp3) is 0.737. The van der Waals surface area contributed by atoms with Crippen molar-refractivity contribution in [2.24, 2.45) is 17.1 Å². The smallest absolute Gasteiger partial charge is 0.234 e. The molecule has 0 aromatic heterocycles. The molecule has 2 aliphatic carbocycles. The van der Waals surface area contributed by atoms with Gasteiger partial charge in [-0.2, -0.15) is 0 Å². The van der Waals surface area contributed by atoms with E-state index in [1.165, 1.54) is 0 Å². The molecular formula is C19H30ClN3O2. The Labute approximate surface area is 155 Å². The summed E-state index contributed by atoms with van der Waals surface area (Å²) in [4.78, 5) is 14.5. The summed E-state index contributed by atoms with van der Waals surface area (Å²) < 4.78 is 5.33. The van der Waals surface area contributed by atoms with Crippen LogP contribution in [0.15, 0.2) is 23.3 Å². The third-order valence-electron chi connectivity index (χ3n) is 6.05. The third-order valence-corrected chi connectivity index (χ3v) is 6.33. The number of hydrogen-bond donors (Lipinski definition) is 2. The Balaban J connectivity index is 1.48. The van der Waals surface area contributed by atoms with E-state index in [9.17, 15) is 4.79 Å². The standard InChI is InChI=1S/C19H30ClN3O2/c20-16-3-1-2-15(12-16)19(14-21)6-4-17(5-7-19)22-18(24)13-23-8-10-25-11-9-23/h1-3,15,17H,4-14,21H2,(H,22,24)/t15?,17-,19-. The summed E-state index contributed by atoms with van der Waals surface area (Å²) in [6, 6.07) is 0.270. The van der Waals surface area contributed by atoms with Crippen LogP contribution >= 0.6 is 11.6 Å². The Kier molecular flexibility index (Phi) is 6.55. The van der Waals surface area contributed by atoms with Crippen LogP contribution in [0.5, 0.6) is 0 Å². The lowest BCUT2D eigenvalue weighted by atomic mass is 9.63. The van der Waals surface area contributed by atoms with E-state index in [-0.39, 0.29) is 17.4 Å². The zero-order valence-corrected chi connectivity index (χ0v) is 15.6. The van der Waals surface area contributed by atoms with Crippen molar-refractivity contribution in [2.75, 3.05) is 39.4 Å². The number of rotatable bonds is 5.